The van der Waals surface area contributed by atoms with E-state index in [1.807, 2.05) is 0 Å². The van der Waals surface area contributed by atoms with E-state index in [-0.39, 0.29) is 96.4 Å². The molecule has 4 heterocycles. The van der Waals surface area contributed by atoms with Crippen LogP contribution in [0.3, 0.4) is 0 Å². The minimum absolute atomic E-state index is 0.00547. The van der Waals surface area contributed by atoms with Crippen molar-refractivity contribution in [3.63, 3.8) is 0 Å². The van der Waals surface area contributed by atoms with Crippen LogP contribution >= 0.6 is 0 Å². The molecule has 12 nitrogen and oxygen atoms in total. The van der Waals surface area contributed by atoms with Gasteiger partial charge in [-0.2, -0.15) is 0 Å². The Morgan fingerprint density at radius 3 is 2.48 bits per heavy atom. The summed E-state index contributed by atoms with van der Waals surface area (Å²) in [6, 6.07) is 30.3. The van der Waals surface area contributed by atoms with Crippen molar-refractivity contribution in [2.75, 3.05) is 26.6 Å². The van der Waals surface area contributed by atoms with E-state index in [1.54, 1.807) is 19.1 Å². The molecule has 5 aliphatic carbocycles. The minimum Gasteiger partial charge on any atom is -0.482 e. The third kappa shape index (κ3) is 9.70. The van der Waals surface area contributed by atoms with Crippen LogP contribution in [0.15, 0.2) is 130 Å². The molecule has 11 unspecified atom stereocenters. The van der Waals surface area contributed by atoms with E-state index in [2.05, 4.69) is 97.1 Å². The molecule has 1 spiro atoms. The Hall–Kier alpha value is -6.15. The lowest BCUT2D eigenvalue weighted by Crippen LogP contribution is -2.62. The monoisotopic (exact) mass is 1080 g/mol. The maximum atomic E-state index is 15.7. The van der Waals surface area contributed by atoms with E-state index in [1.165, 1.54) is 47.9 Å². The summed E-state index contributed by atoms with van der Waals surface area (Å²) in [5.41, 5.74) is 6.88. The second-order valence-electron chi connectivity index (χ2n) is 24.1. The summed E-state index contributed by atoms with van der Waals surface area (Å²) in [6.07, 6.45) is 18.9. The van der Waals surface area contributed by atoms with E-state index in [0.717, 1.165) is 49.7 Å². The number of allylic oxidation sites excluding steroid dienone is 3. The molecule has 8 aliphatic rings. The standard InChI is InChI=1S/C68H76O12/c1-41(37-70)52-26-20-42-18-21-43(22-19-42)53-27-24-47(46-12-8-15-51(35-46)67-31-7-6-14-50(67)25-23-45-11-2-4-16-56(45)67)34-49(53)36-59(73)77-63-61-58(80-68(64(63)79-65(52)74)32-9-13-44-10-3-5-17-57(44)68)29-28-54-55(38-71)60(66(75)78-62(54)61)48(30-33-69)39-76-40-72/h2,4,8-9,11-13,15-16,18-19,21-22,24,27-29,35,44,47-50,53,57,63-64,69-72H,3,5-7,10,14,17,20,23,25-26,30-34,36-40H2,1H3. The van der Waals surface area contributed by atoms with Gasteiger partial charge >= 0.3 is 17.6 Å². The first-order valence-electron chi connectivity index (χ1n) is 29.6. The van der Waals surface area contributed by atoms with Crippen LogP contribution in [0.25, 0.3) is 11.0 Å². The van der Waals surface area contributed by atoms with Gasteiger partial charge in [0, 0.05) is 65.1 Å². The zero-order valence-corrected chi connectivity index (χ0v) is 46.0. The fraction of sp³-hybridized carbons (Fsp3) is 0.485. The summed E-state index contributed by atoms with van der Waals surface area (Å²) >= 11 is 0. The normalized spacial score (nSPS) is 30.2. The highest BCUT2D eigenvalue weighted by Crippen LogP contribution is 2.58. The second-order valence-corrected chi connectivity index (χ2v) is 24.1. The Kier molecular flexibility index (Phi) is 15.7. The van der Waals surface area contributed by atoms with Crippen LogP contribution < -0.4 is 10.4 Å². The predicted molar refractivity (Wildman–Crippen MR) is 303 cm³/mol. The number of carbonyl (C=O) groups is 2. The van der Waals surface area contributed by atoms with E-state index >= 15 is 9.59 Å². The van der Waals surface area contributed by atoms with Gasteiger partial charge in [0.1, 0.15) is 18.1 Å². The van der Waals surface area contributed by atoms with Crippen molar-refractivity contribution < 1.29 is 53.4 Å². The second kappa shape index (κ2) is 23.0. The molecular weight excluding hydrogens is 1010 g/mol. The van der Waals surface area contributed by atoms with Gasteiger partial charge in [0.25, 0.3) is 0 Å². The van der Waals surface area contributed by atoms with Crippen LogP contribution in [0, 0.1) is 23.7 Å². The molecule has 13 rings (SSSR count). The van der Waals surface area contributed by atoms with Gasteiger partial charge in [0.05, 0.1) is 25.4 Å². The molecule has 0 saturated heterocycles. The fourth-order valence-corrected chi connectivity index (χ4v) is 16.2. The number of benzene rings is 4. The summed E-state index contributed by atoms with van der Waals surface area (Å²) in [5, 5.41) is 41.9. The van der Waals surface area contributed by atoms with Crippen LogP contribution in [0.5, 0.6) is 5.75 Å². The van der Waals surface area contributed by atoms with Gasteiger partial charge in [-0.1, -0.05) is 123 Å². The number of esters is 2. The van der Waals surface area contributed by atoms with Crippen LogP contribution in [0.4, 0.5) is 0 Å². The molecule has 2 bridgehead atoms. The summed E-state index contributed by atoms with van der Waals surface area (Å²) in [6.45, 7) is -0.285. The number of fused-ring (bicyclic) bond motifs is 16. The number of carbonyl (C=O) groups excluding carboxylic acids is 2. The number of aliphatic hydroxyl groups is 4. The van der Waals surface area contributed by atoms with Crippen molar-refractivity contribution in [1.29, 1.82) is 0 Å². The zero-order valence-electron chi connectivity index (χ0n) is 46.0. The quantitative estimate of drug-likeness (QED) is 0.0342. The number of rotatable bonds is 10. The average Bonchev–Trinajstić information content (AvgIpc) is 3.45. The Balaban J connectivity index is 0.994. The molecular formula is C68H76O12. The van der Waals surface area contributed by atoms with E-state index < -0.39 is 54.7 Å². The van der Waals surface area contributed by atoms with Gasteiger partial charge in [0.2, 0.25) is 0 Å². The van der Waals surface area contributed by atoms with Crippen molar-refractivity contribution >= 4 is 22.9 Å². The molecule has 4 N–H and O–H groups in total. The maximum Gasteiger partial charge on any atom is 0.340 e. The largest absolute Gasteiger partial charge is 0.482 e. The van der Waals surface area contributed by atoms with Gasteiger partial charge in [-0.15, -0.1) is 0 Å². The van der Waals surface area contributed by atoms with E-state index in [4.69, 9.17) is 23.4 Å². The Morgan fingerprint density at radius 1 is 0.812 bits per heavy atom. The lowest BCUT2D eigenvalue weighted by atomic mass is 9.54. The van der Waals surface area contributed by atoms with Gasteiger partial charge in [-0.25, -0.2) is 9.59 Å². The first kappa shape index (κ1) is 54.4. The highest BCUT2D eigenvalue weighted by atomic mass is 16.6. The van der Waals surface area contributed by atoms with Gasteiger partial charge in [-0.3, -0.25) is 4.79 Å². The Morgan fingerprint density at radius 2 is 1.65 bits per heavy atom. The molecule has 80 heavy (non-hydrogen) atoms. The van der Waals surface area contributed by atoms with Gasteiger partial charge in [-0.05, 0) is 146 Å². The molecule has 4 aromatic carbocycles. The minimum atomic E-state index is -1.35. The zero-order chi connectivity index (χ0) is 55.1. The van der Waals surface area contributed by atoms with Crippen LogP contribution in [0.2, 0.25) is 0 Å². The molecule has 1 aromatic heterocycles. The number of aryl methyl sites for hydroxylation is 2. The van der Waals surface area contributed by atoms with Gasteiger partial charge in [0.15, 0.2) is 17.8 Å². The smallest absolute Gasteiger partial charge is 0.340 e. The first-order chi connectivity index (χ1) is 39.1. The molecule has 2 fully saturated rings. The van der Waals surface area contributed by atoms with Crippen LogP contribution in [0.1, 0.15) is 171 Å². The van der Waals surface area contributed by atoms with E-state index in [0.29, 0.717) is 47.5 Å². The highest BCUT2D eigenvalue weighted by molar-refractivity contribution is 5.90. The SMILES string of the molecule is CC(CO)=C1CCc2ccc(cc2)C2C=CC(c3cccc(C45CCCCC4CCc4ccccc45)c3)CC2CC(=O)OC2c3c(ccc4c(CO)c(C(CCO)COCO)c(=O)oc34)OC3(CC=CC4CCCCC43)C2OC1=O. The van der Waals surface area contributed by atoms with Crippen LogP contribution in [-0.4, -0.2) is 70.7 Å². The van der Waals surface area contributed by atoms with Crippen molar-refractivity contribution in [1.82, 2.24) is 0 Å². The van der Waals surface area contributed by atoms with Crippen molar-refractivity contribution in [3.05, 3.63) is 181 Å². The molecule has 0 radical (unpaired) electrons. The third-order valence-electron chi connectivity index (χ3n) is 20.0. The Labute approximate surface area is 468 Å². The van der Waals surface area contributed by atoms with Crippen LogP contribution in [-0.2, 0) is 48.7 Å². The fourth-order valence-electron chi connectivity index (χ4n) is 16.2. The number of hydrogen-bond donors (Lipinski definition) is 4. The van der Waals surface area contributed by atoms with Crippen molar-refractivity contribution in [2.24, 2.45) is 23.7 Å². The summed E-state index contributed by atoms with van der Waals surface area (Å²) in [4.78, 5) is 45.4. The summed E-state index contributed by atoms with van der Waals surface area (Å²) in [7, 11) is 0. The molecule has 12 heteroatoms. The number of ether oxygens (including phenoxy) is 4. The summed E-state index contributed by atoms with van der Waals surface area (Å²) in [5.74, 6) is -1.45. The highest BCUT2D eigenvalue weighted by Gasteiger charge is 2.61. The van der Waals surface area contributed by atoms with Crippen molar-refractivity contribution in [3.8, 4) is 5.75 Å². The van der Waals surface area contributed by atoms with Crippen molar-refractivity contribution in [2.45, 2.75) is 157 Å². The lowest BCUT2D eigenvalue weighted by molar-refractivity contribution is -0.208. The third-order valence-corrected chi connectivity index (χ3v) is 20.0. The topological polar surface area (TPSA) is 182 Å². The molecule has 420 valence electrons. The molecule has 0 amide bonds. The maximum absolute atomic E-state index is 15.7. The molecule has 3 aliphatic heterocycles. The summed E-state index contributed by atoms with van der Waals surface area (Å²) < 4.78 is 33.1. The molecule has 2 saturated carbocycles. The molecule has 5 aromatic rings. The first-order valence-corrected chi connectivity index (χ1v) is 29.6. The number of hydrogen-bond acceptors (Lipinski definition) is 12. The Bertz CT molecular complexity index is 3280. The lowest BCUT2D eigenvalue weighted by Gasteiger charge is -2.54. The number of aliphatic hydroxyl groups excluding tert-OH is 4. The average molecular weight is 1090 g/mol. The predicted octanol–water partition coefficient (Wildman–Crippen LogP) is 11.3. The van der Waals surface area contributed by atoms with Gasteiger partial charge < -0.3 is 43.8 Å². The molecule has 11 atom stereocenters. The van der Waals surface area contributed by atoms with E-state index in [9.17, 15) is 25.2 Å².